The molecule has 0 aliphatic carbocycles. The number of nitrogens with two attached hydrogens (primary N) is 1. The summed E-state index contributed by atoms with van der Waals surface area (Å²) < 4.78 is 5.80. The SMILES string of the molecule is Brc1ccc(-c2ccc3c(c2)c2ccccc2n3-c2ccccc2)cc1.Nc1ccc(-c2cc(-c3ccccc3)cc(-c3ccccc3)c2)cc1.[B]B([BH3-])B([BH3-])[BH3-].[B]B([B])B(B([B])[B])B([B])[B].c1ccc(-c2cc(-c3ccccc3)cc(-c3ccc(Nc4ccc(-c5ccc6c(c5)c5ccccc5n6-c5ccccc5)cc4)cc3)c2)cc1. The van der Waals surface area contributed by atoms with Gasteiger partial charge in [-0.3, -0.25) is 6.39 Å². The van der Waals surface area contributed by atoms with Crippen molar-refractivity contribution in [3.63, 3.8) is 0 Å². The summed E-state index contributed by atoms with van der Waals surface area (Å²) in [5, 5.41) is 8.69. The van der Waals surface area contributed by atoms with Gasteiger partial charge in [-0.15, -0.1) is 15.5 Å². The minimum absolute atomic E-state index is 0.444. The standard InChI is InChI=1S/C48H34N2.C24H16BrN.C24H19N.B10.B6H9/c1-4-12-34(13-5-1)39-30-40(35-14-6-2-7-15-35)32-41(31-39)37-22-27-43(28-23-37)49-42-25-20-36(21-26-42)38-24-29-48-46(33-38)45-18-10-11-19-47(45)50(48)44-16-8-3-9-17-44;25-19-13-10-17(11-14-19)18-12-15-24-22(16-18)21-8-4-5-9-23(21)26(24)20-6-2-1-3-7-20;25-24-13-11-20(12-14-24)23-16-21(18-7-3-1-4-8-18)15-22(17-23)19-9-5-2-6-10-19;1-7(2)10(8(3)4)9(5)6;1-5(2)6(3)4/h1-33,49H;1-16H;1-17H,25H2;;1-3H3/q;;;;-3. The van der Waals surface area contributed by atoms with Gasteiger partial charge in [-0.25, -0.2) is 0 Å². The molecule has 540 valence electrons. The van der Waals surface area contributed by atoms with Crippen LogP contribution in [0.3, 0.4) is 0 Å². The van der Waals surface area contributed by atoms with Gasteiger partial charge >= 0.3 is 0 Å². The molecule has 0 unspecified atom stereocenters. The molecule has 18 rings (SSSR count). The number of aromatic nitrogens is 2. The van der Waals surface area contributed by atoms with Crippen molar-refractivity contribution in [2.24, 2.45) is 0 Å². The van der Waals surface area contributed by atoms with Crippen LogP contribution in [0.5, 0.6) is 0 Å². The quantitative estimate of drug-likeness (QED) is 0.0748. The van der Waals surface area contributed by atoms with Crippen molar-refractivity contribution in [3.05, 3.63) is 405 Å². The Bertz CT molecular complexity index is 6130. The second-order valence-electron chi connectivity index (χ2n) is 27.8. The maximum absolute atomic E-state index is 5.85. The van der Waals surface area contributed by atoms with E-state index in [2.05, 4.69) is 406 Å². The Morgan fingerprint density at radius 1 is 0.248 bits per heavy atom. The molecular formula is C96H78B16BrN4-3. The van der Waals surface area contributed by atoms with E-state index in [0.29, 0.717) is 23.2 Å². The van der Waals surface area contributed by atoms with Crippen LogP contribution >= 0.6 is 15.9 Å². The lowest BCUT2D eigenvalue weighted by molar-refractivity contribution is 1.18. The van der Waals surface area contributed by atoms with E-state index < -0.39 is 25.5 Å². The fraction of sp³-hybridized carbons (Fsp3) is 0. The van der Waals surface area contributed by atoms with Crippen LogP contribution in [-0.4, -0.2) is 125 Å². The number of nitrogen functional groups attached to an aromatic ring is 1. The van der Waals surface area contributed by atoms with Crippen LogP contribution in [-0.2, 0) is 0 Å². The molecule has 0 bridgehead atoms. The maximum Gasteiger partial charge on any atom is 0.0541 e. The van der Waals surface area contributed by atoms with Gasteiger partial charge in [0, 0.05) is 126 Å². The maximum atomic E-state index is 5.85. The Labute approximate surface area is 712 Å². The molecule has 0 saturated heterocycles. The first-order valence-corrected chi connectivity index (χ1v) is 38.6. The molecule has 0 aliphatic heterocycles. The van der Waals surface area contributed by atoms with Crippen molar-refractivity contribution in [1.82, 2.24) is 9.13 Å². The van der Waals surface area contributed by atoms with Gasteiger partial charge in [0.2, 0.25) is 0 Å². The molecule has 4 nitrogen and oxygen atoms in total. The highest BCUT2D eigenvalue weighted by Crippen LogP contribution is 2.40. The van der Waals surface area contributed by atoms with E-state index in [0.717, 1.165) is 27.9 Å². The molecular weight excluding hydrogens is 1460 g/mol. The molecule has 0 aliphatic rings. The molecule has 0 saturated carbocycles. The molecule has 0 spiro atoms. The van der Waals surface area contributed by atoms with Crippen LogP contribution in [0.25, 0.3) is 144 Å². The topological polar surface area (TPSA) is 47.9 Å². The van der Waals surface area contributed by atoms with Gasteiger partial charge in [0.1, 0.15) is 0 Å². The fourth-order valence-electron chi connectivity index (χ4n) is 14.5. The second-order valence-corrected chi connectivity index (χ2v) is 28.7. The lowest BCUT2D eigenvalue weighted by Gasteiger charge is -2.23. The third-order valence-electron chi connectivity index (χ3n) is 20.1. The summed E-state index contributed by atoms with van der Waals surface area (Å²) in [6, 6.07) is 142. The third-order valence-corrected chi connectivity index (χ3v) is 20.7. The molecule has 0 amide bonds. The number of para-hydroxylation sites is 4. The number of fused-ring (bicyclic) bond motifs is 6. The summed E-state index contributed by atoms with van der Waals surface area (Å²) >= 11 is 3.52. The van der Waals surface area contributed by atoms with Crippen LogP contribution in [0.1, 0.15) is 0 Å². The summed E-state index contributed by atoms with van der Waals surface area (Å²) in [6.07, 6.45) is -0.380. The minimum atomic E-state index is -0.667. The van der Waals surface area contributed by atoms with Crippen molar-refractivity contribution < 1.29 is 0 Å². The van der Waals surface area contributed by atoms with E-state index >= 15 is 0 Å². The Morgan fingerprint density at radius 3 is 0.778 bits per heavy atom. The van der Waals surface area contributed by atoms with Crippen molar-refractivity contribution in [2.45, 2.75) is 0 Å². The Kier molecular flexibility index (Phi) is 27.1. The lowest BCUT2D eigenvalue weighted by Crippen LogP contribution is -2.62. The zero-order chi connectivity index (χ0) is 81.3. The number of halogens is 1. The van der Waals surface area contributed by atoms with Gasteiger partial charge in [0.25, 0.3) is 0 Å². The highest BCUT2D eigenvalue weighted by molar-refractivity contribution is 9.10. The molecule has 18 aromatic rings. The van der Waals surface area contributed by atoms with Gasteiger partial charge < -0.3 is 20.2 Å². The zero-order valence-electron chi connectivity index (χ0n) is 63.0. The normalized spacial score (nSPS) is 10.7. The van der Waals surface area contributed by atoms with E-state index in [4.69, 9.17) is 59.9 Å². The number of hydrogen-bond acceptors (Lipinski definition) is 2. The molecule has 16 aromatic carbocycles. The van der Waals surface area contributed by atoms with Crippen LogP contribution in [0.2, 0.25) is 0 Å². The molecule has 117 heavy (non-hydrogen) atoms. The van der Waals surface area contributed by atoms with Crippen LogP contribution in [0, 0.1) is 0 Å². The molecule has 0 fully saturated rings. The predicted octanol–water partition coefficient (Wildman–Crippen LogP) is 18.2. The average molecular weight is 1540 g/mol. The smallest absolute Gasteiger partial charge is 0.0541 e. The molecule has 14 radical (unpaired) electrons. The van der Waals surface area contributed by atoms with Gasteiger partial charge in [-0.05, 0) is 242 Å². The van der Waals surface area contributed by atoms with Crippen LogP contribution < -0.4 is 11.1 Å². The van der Waals surface area contributed by atoms with Gasteiger partial charge in [0.15, 0.2) is 0 Å². The van der Waals surface area contributed by atoms with E-state index in [1.807, 2.05) is 24.3 Å². The van der Waals surface area contributed by atoms with Crippen LogP contribution in [0.15, 0.2) is 405 Å². The monoisotopic (exact) mass is 1540 g/mol. The molecule has 0 atom stereocenters. The number of hydrogen-bond donors (Lipinski definition) is 2. The van der Waals surface area contributed by atoms with Crippen molar-refractivity contribution in [3.8, 4) is 100 Å². The van der Waals surface area contributed by atoms with E-state index in [1.165, 1.54) is 150 Å². The first-order chi connectivity index (χ1) is 57.0. The third kappa shape index (κ3) is 20.2. The van der Waals surface area contributed by atoms with E-state index in [-0.39, 0.29) is 0 Å². The highest BCUT2D eigenvalue weighted by atomic mass is 79.9. The Morgan fingerprint density at radius 2 is 0.487 bits per heavy atom. The van der Waals surface area contributed by atoms with E-state index in [1.54, 1.807) is 0 Å². The van der Waals surface area contributed by atoms with Gasteiger partial charge in [0.05, 0.1) is 22.1 Å². The zero-order valence-corrected chi connectivity index (χ0v) is 64.5. The lowest BCUT2D eigenvalue weighted by atomic mass is 8.58. The van der Waals surface area contributed by atoms with Crippen molar-refractivity contribution in [1.29, 1.82) is 0 Å². The summed E-state index contributed by atoms with van der Waals surface area (Å²) in [5.41, 5.74) is 35.4. The van der Waals surface area contributed by atoms with E-state index in [9.17, 15) is 0 Å². The molecule has 21 heteroatoms. The second kappa shape index (κ2) is 38.8. The predicted molar refractivity (Wildman–Crippen MR) is 538 cm³/mol. The first kappa shape index (κ1) is 81.8. The summed E-state index contributed by atoms with van der Waals surface area (Å²) in [7, 11) is 39.4. The van der Waals surface area contributed by atoms with Gasteiger partial charge in [-0.1, -0.05) is 278 Å². The minimum Gasteiger partial charge on any atom is -0.399 e. The number of benzene rings is 16. The summed E-state index contributed by atoms with van der Waals surface area (Å²) in [5.74, 6) is 0. The van der Waals surface area contributed by atoms with Gasteiger partial charge in [-0.2, -0.15) is 6.39 Å². The molecule has 3 N–H and O–H groups in total. The Balaban J connectivity index is 0.000000141. The Hall–Kier alpha value is -11.8. The summed E-state index contributed by atoms with van der Waals surface area (Å²) in [4.78, 5) is 0. The number of rotatable bonds is 16. The van der Waals surface area contributed by atoms with Crippen LogP contribution in [0.4, 0.5) is 17.1 Å². The molecule has 2 heterocycles. The largest absolute Gasteiger partial charge is 0.399 e. The average Bonchev–Trinajstić information content (AvgIpc) is 1.60. The van der Waals surface area contributed by atoms with Crippen molar-refractivity contribution in [2.75, 3.05) is 11.1 Å². The number of nitrogens with one attached hydrogen (secondary N) is 1. The molecule has 2 aromatic heterocycles. The first-order valence-electron chi connectivity index (χ1n) is 37.8. The fourth-order valence-corrected chi connectivity index (χ4v) is 14.8. The number of nitrogens with zero attached hydrogens (tertiary/aromatic N) is 2. The highest BCUT2D eigenvalue weighted by Gasteiger charge is 2.25. The number of anilines is 3. The van der Waals surface area contributed by atoms with Crippen molar-refractivity contribution >= 4 is 192 Å². The summed E-state index contributed by atoms with van der Waals surface area (Å²) in [6.45, 7) is 0.